The van der Waals surface area contributed by atoms with Crippen molar-refractivity contribution < 1.29 is 22.4 Å². The maximum atomic E-state index is 15.0. The van der Waals surface area contributed by atoms with E-state index in [1.54, 1.807) is 18.2 Å². The number of amides is 2. The standard InChI is InChI=1S/C30H34FN3O4S/c1-2-27(30(36)32-24-15-9-10-16-24)33(21-23-13-5-3-6-14-23)29(35)22-34(28-20-12-11-19-26(28)31)39(37,38)25-17-7-4-8-18-25/h3-8,11-14,17-20,24,27H,2,9-10,15-16,21-22H2,1H3,(H,32,36)/t27-/m0/s1. The van der Waals surface area contributed by atoms with E-state index < -0.39 is 34.3 Å². The van der Waals surface area contributed by atoms with Crippen LogP contribution in [0, 0.1) is 5.82 Å². The van der Waals surface area contributed by atoms with Gasteiger partial charge in [0.05, 0.1) is 10.6 Å². The van der Waals surface area contributed by atoms with Crippen molar-refractivity contribution in [2.24, 2.45) is 0 Å². The first kappa shape index (κ1) is 28.3. The van der Waals surface area contributed by atoms with Gasteiger partial charge in [0.25, 0.3) is 10.0 Å². The van der Waals surface area contributed by atoms with Crippen molar-refractivity contribution in [3.05, 3.63) is 96.3 Å². The quantitative estimate of drug-likeness (QED) is 0.368. The van der Waals surface area contributed by atoms with Crippen molar-refractivity contribution in [3.63, 3.8) is 0 Å². The summed E-state index contributed by atoms with van der Waals surface area (Å²) in [7, 11) is -4.30. The topological polar surface area (TPSA) is 86.8 Å². The summed E-state index contributed by atoms with van der Waals surface area (Å²) in [5, 5.41) is 3.08. The first-order valence-corrected chi connectivity index (χ1v) is 14.7. The molecular weight excluding hydrogens is 517 g/mol. The summed E-state index contributed by atoms with van der Waals surface area (Å²) in [4.78, 5) is 28.7. The fourth-order valence-electron chi connectivity index (χ4n) is 4.95. The lowest BCUT2D eigenvalue weighted by molar-refractivity contribution is -0.140. The molecule has 0 aliphatic heterocycles. The minimum Gasteiger partial charge on any atom is -0.352 e. The molecule has 0 heterocycles. The van der Waals surface area contributed by atoms with Crippen LogP contribution in [0.15, 0.2) is 89.8 Å². The number of halogens is 1. The molecule has 1 saturated carbocycles. The van der Waals surface area contributed by atoms with E-state index in [4.69, 9.17) is 0 Å². The highest BCUT2D eigenvalue weighted by Gasteiger charge is 2.35. The predicted octanol–water partition coefficient (Wildman–Crippen LogP) is 4.89. The first-order valence-electron chi connectivity index (χ1n) is 13.3. The average Bonchev–Trinajstić information content (AvgIpc) is 3.46. The Balaban J connectivity index is 1.70. The van der Waals surface area contributed by atoms with Crippen LogP contribution in [0.2, 0.25) is 0 Å². The summed E-state index contributed by atoms with van der Waals surface area (Å²) < 4.78 is 43.2. The van der Waals surface area contributed by atoms with Gasteiger partial charge >= 0.3 is 0 Å². The van der Waals surface area contributed by atoms with Gasteiger partial charge in [0, 0.05) is 12.6 Å². The third-order valence-corrected chi connectivity index (χ3v) is 8.79. The molecule has 1 atom stereocenters. The van der Waals surface area contributed by atoms with Gasteiger partial charge in [0.1, 0.15) is 18.4 Å². The Labute approximate surface area is 229 Å². The van der Waals surface area contributed by atoms with Crippen LogP contribution in [0.3, 0.4) is 0 Å². The van der Waals surface area contributed by atoms with Crippen molar-refractivity contribution in [2.75, 3.05) is 10.8 Å². The summed E-state index contributed by atoms with van der Waals surface area (Å²) in [6.07, 6.45) is 4.21. The van der Waals surface area contributed by atoms with Crippen molar-refractivity contribution in [1.82, 2.24) is 10.2 Å². The van der Waals surface area contributed by atoms with Gasteiger partial charge in [0.2, 0.25) is 11.8 Å². The summed E-state index contributed by atoms with van der Waals surface area (Å²) in [6, 6.07) is 21.5. The molecule has 0 aromatic heterocycles. The van der Waals surface area contributed by atoms with Crippen molar-refractivity contribution in [1.29, 1.82) is 0 Å². The summed E-state index contributed by atoms with van der Waals surface area (Å²) in [5.74, 6) is -1.64. The Hall–Kier alpha value is -3.72. The van der Waals surface area contributed by atoms with Gasteiger partial charge in [-0.05, 0) is 49.1 Å². The molecule has 1 N–H and O–H groups in total. The lowest BCUT2D eigenvalue weighted by atomic mass is 10.1. The van der Waals surface area contributed by atoms with Gasteiger partial charge in [-0.15, -0.1) is 0 Å². The second kappa shape index (κ2) is 12.9. The molecule has 3 aromatic carbocycles. The molecule has 0 saturated heterocycles. The number of para-hydroxylation sites is 1. The number of sulfonamides is 1. The number of benzene rings is 3. The van der Waals surface area contributed by atoms with Gasteiger partial charge in [-0.3, -0.25) is 13.9 Å². The summed E-state index contributed by atoms with van der Waals surface area (Å²) in [6.45, 7) is 1.25. The Morgan fingerprint density at radius 1 is 0.923 bits per heavy atom. The largest absolute Gasteiger partial charge is 0.352 e. The zero-order valence-electron chi connectivity index (χ0n) is 22.0. The third-order valence-electron chi connectivity index (χ3n) is 7.01. The Kier molecular flexibility index (Phi) is 9.35. The molecule has 1 aliphatic rings. The van der Waals surface area contributed by atoms with Crippen molar-refractivity contribution in [2.45, 2.75) is 62.6 Å². The fourth-order valence-corrected chi connectivity index (χ4v) is 6.40. The normalized spacial score (nSPS) is 14.5. The second-order valence-corrected chi connectivity index (χ2v) is 11.6. The van der Waals surface area contributed by atoms with Gasteiger partial charge < -0.3 is 10.2 Å². The monoisotopic (exact) mass is 551 g/mol. The molecule has 7 nitrogen and oxygen atoms in total. The summed E-state index contributed by atoms with van der Waals surface area (Å²) >= 11 is 0. The lowest BCUT2D eigenvalue weighted by Gasteiger charge is -2.33. The smallest absolute Gasteiger partial charge is 0.264 e. The van der Waals surface area contributed by atoms with Gasteiger partial charge in [-0.25, -0.2) is 12.8 Å². The van der Waals surface area contributed by atoms with Crippen LogP contribution in [0.1, 0.15) is 44.6 Å². The molecule has 1 aliphatic carbocycles. The predicted molar refractivity (Wildman–Crippen MR) is 149 cm³/mol. The highest BCUT2D eigenvalue weighted by molar-refractivity contribution is 7.92. The number of hydrogen-bond donors (Lipinski definition) is 1. The first-order chi connectivity index (χ1) is 18.8. The minimum absolute atomic E-state index is 0.0635. The Morgan fingerprint density at radius 3 is 2.13 bits per heavy atom. The van der Waals surface area contributed by atoms with Crippen LogP contribution in [0.5, 0.6) is 0 Å². The molecule has 39 heavy (non-hydrogen) atoms. The highest BCUT2D eigenvalue weighted by atomic mass is 32.2. The van der Waals surface area contributed by atoms with E-state index in [0.29, 0.717) is 6.42 Å². The van der Waals surface area contributed by atoms with E-state index in [1.165, 1.54) is 35.2 Å². The third kappa shape index (κ3) is 6.84. The number of hydrogen-bond acceptors (Lipinski definition) is 4. The van der Waals surface area contributed by atoms with Crippen LogP contribution in [-0.4, -0.2) is 43.8 Å². The number of nitrogens with zero attached hydrogens (tertiary/aromatic N) is 2. The summed E-state index contributed by atoms with van der Waals surface area (Å²) in [5.41, 5.74) is 0.555. The van der Waals surface area contributed by atoms with Gasteiger partial charge in [-0.1, -0.05) is 80.4 Å². The highest BCUT2D eigenvalue weighted by Crippen LogP contribution is 2.27. The molecule has 0 bridgehead atoms. The molecule has 1 fully saturated rings. The number of carbonyl (C=O) groups is 2. The average molecular weight is 552 g/mol. The molecule has 9 heteroatoms. The van der Waals surface area contributed by atoms with E-state index in [-0.39, 0.29) is 29.1 Å². The molecule has 4 rings (SSSR count). The van der Waals surface area contributed by atoms with Gasteiger partial charge in [0.15, 0.2) is 0 Å². The Bertz CT molecular complexity index is 1360. The molecule has 2 amide bonds. The maximum Gasteiger partial charge on any atom is 0.264 e. The second-order valence-electron chi connectivity index (χ2n) is 9.70. The zero-order valence-corrected chi connectivity index (χ0v) is 22.8. The molecule has 0 unspecified atom stereocenters. The van der Waals surface area contributed by atoms with E-state index in [0.717, 1.165) is 41.6 Å². The van der Waals surface area contributed by atoms with E-state index >= 15 is 0 Å². The molecular formula is C30H34FN3O4S. The van der Waals surface area contributed by atoms with Crippen LogP contribution in [0.4, 0.5) is 10.1 Å². The molecule has 0 radical (unpaired) electrons. The number of nitrogens with one attached hydrogen (secondary N) is 1. The van der Waals surface area contributed by atoms with Crippen LogP contribution in [0.25, 0.3) is 0 Å². The molecule has 206 valence electrons. The molecule has 0 spiro atoms. The minimum atomic E-state index is -4.30. The lowest BCUT2D eigenvalue weighted by Crippen LogP contribution is -2.53. The maximum absolute atomic E-state index is 15.0. The van der Waals surface area contributed by atoms with Gasteiger partial charge in [-0.2, -0.15) is 0 Å². The SMILES string of the molecule is CC[C@@H](C(=O)NC1CCCC1)N(Cc1ccccc1)C(=O)CN(c1ccccc1F)S(=O)(=O)c1ccccc1. The molecule has 3 aromatic rings. The van der Waals surface area contributed by atoms with E-state index in [2.05, 4.69) is 5.32 Å². The van der Waals surface area contributed by atoms with Crippen LogP contribution < -0.4 is 9.62 Å². The van der Waals surface area contributed by atoms with Crippen LogP contribution >= 0.6 is 0 Å². The Morgan fingerprint density at radius 2 is 1.51 bits per heavy atom. The number of carbonyl (C=O) groups excluding carboxylic acids is 2. The van der Waals surface area contributed by atoms with E-state index in [9.17, 15) is 22.4 Å². The van der Waals surface area contributed by atoms with Crippen molar-refractivity contribution in [3.8, 4) is 0 Å². The fraction of sp³-hybridized carbons (Fsp3) is 0.333. The van der Waals surface area contributed by atoms with Crippen LogP contribution in [-0.2, 0) is 26.2 Å². The van der Waals surface area contributed by atoms with Crippen molar-refractivity contribution >= 4 is 27.5 Å². The number of rotatable bonds is 11. The zero-order chi connectivity index (χ0) is 27.8. The van der Waals surface area contributed by atoms with E-state index in [1.807, 2.05) is 37.3 Å². The number of anilines is 1.